The highest BCUT2D eigenvalue weighted by Crippen LogP contribution is 2.06. The molecule has 4 nitrogen and oxygen atoms in total. The molecule has 1 amide bonds. The van der Waals surface area contributed by atoms with Crippen molar-refractivity contribution in [3.8, 4) is 0 Å². The standard InChI is InChI=1S/C12H23N3O/c1-10(2)5-7-15-8-6-13-9-11(15)12(16)14(3)4/h5,11,13H,6-9H2,1-4H3. The molecule has 1 rings (SSSR count). The van der Waals surface area contributed by atoms with Crippen molar-refractivity contribution >= 4 is 5.91 Å². The Labute approximate surface area is 98.3 Å². The molecule has 1 aliphatic heterocycles. The highest BCUT2D eigenvalue weighted by atomic mass is 16.2. The van der Waals surface area contributed by atoms with Crippen LogP contribution < -0.4 is 5.32 Å². The molecule has 1 heterocycles. The number of piperazine rings is 1. The summed E-state index contributed by atoms with van der Waals surface area (Å²) in [5.74, 6) is 0.189. The summed E-state index contributed by atoms with van der Waals surface area (Å²) in [6, 6.07) is -0.0145. The van der Waals surface area contributed by atoms with E-state index in [4.69, 9.17) is 0 Å². The molecule has 0 aromatic carbocycles. The number of rotatable bonds is 3. The number of hydrogen-bond donors (Lipinski definition) is 1. The lowest BCUT2D eigenvalue weighted by molar-refractivity contribution is -0.134. The Morgan fingerprint density at radius 1 is 1.50 bits per heavy atom. The molecule has 0 bridgehead atoms. The van der Waals surface area contributed by atoms with Crippen LogP contribution in [0.2, 0.25) is 0 Å². The molecule has 0 radical (unpaired) electrons. The number of likely N-dealkylation sites (N-methyl/N-ethyl adjacent to an activating group) is 1. The number of carbonyl (C=O) groups excluding carboxylic acids is 1. The molecule has 1 N–H and O–H groups in total. The SMILES string of the molecule is CC(C)=CCN1CCNCC1C(=O)N(C)C. The first-order valence-corrected chi connectivity index (χ1v) is 5.81. The molecule has 1 aliphatic rings. The molecule has 0 saturated carbocycles. The molecule has 1 atom stereocenters. The maximum atomic E-state index is 12.0. The van der Waals surface area contributed by atoms with Gasteiger partial charge in [-0.15, -0.1) is 0 Å². The van der Waals surface area contributed by atoms with Gasteiger partial charge in [0.2, 0.25) is 5.91 Å². The fourth-order valence-electron chi connectivity index (χ4n) is 1.81. The summed E-state index contributed by atoms with van der Waals surface area (Å²) in [6.45, 7) is 7.71. The second-order valence-electron chi connectivity index (χ2n) is 4.73. The summed E-state index contributed by atoms with van der Waals surface area (Å²) in [5, 5.41) is 3.28. The lowest BCUT2D eigenvalue weighted by Gasteiger charge is -2.35. The van der Waals surface area contributed by atoms with E-state index in [0.29, 0.717) is 0 Å². The molecule has 16 heavy (non-hydrogen) atoms. The molecule has 1 fully saturated rings. The monoisotopic (exact) mass is 225 g/mol. The molecule has 1 saturated heterocycles. The largest absolute Gasteiger partial charge is 0.347 e. The van der Waals surface area contributed by atoms with Gasteiger partial charge in [-0.2, -0.15) is 0 Å². The van der Waals surface area contributed by atoms with Crippen LogP contribution in [0, 0.1) is 0 Å². The third-order valence-corrected chi connectivity index (χ3v) is 2.81. The number of nitrogens with zero attached hydrogens (tertiary/aromatic N) is 2. The minimum atomic E-state index is -0.0145. The highest BCUT2D eigenvalue weighted by Gasteiger charge is 2.28. The van der Waals surface area contributed by atoms with Gasteiger partial charge in [-0.25, -0.2) is 0 Å². The van der Waals surface area contributed by atoms with E-state index in [1.165, 1.54) is 5.57 Å². The molecule has 0 spiro atoms. The Balaban J connectivity index is 2.64. The van der Waals surface area contributed by atoms with Crippen molar-refractivity contribution in [2.45, 2.75) is 19.9 Å². The van der Waals surface area contributed by atoms with Crippen molar-refractivity contribution in [2.75, 3.05) is 40.3 Å². The predicted molar refractivity (Wildman–Crippen MR) is 66.4 cm³/mol. The molecule has 0 aromatic heterocycles. The first kappa shape index (κ1) is 13.2. The lowest BCUT2D eigenvalue weighted by atomic mass is 10.1. The zero-order valence-electron chi connectivity index (χ0n) is 10.8. The summed E-state index contributed by atoms with van der Waals surface area (Å²) in [6.07, 6.45) is 2.18. The van der Waals surface area contributed by atoms with Crippen molar-refractivity contribution in [3.63, 3.8) is 0 Å². The molecule has 92 valence electrons. The van der Waals surface area contributed by atoms with Gasteiger partial charge < -0.3 is 10.2 Å². The third-order valence-electron chi connectivity index (χ3n) is 2.81. The highest BCUT2D eigenvalue weighted by molar-refractivity contribution is 5.81. The van der Waals surface area contributed by atoms with Crippen LogP contribution in [0.5, 0.6) is 0 Å². The fraction of sp³-hybridized carbons (Fsp3) is 0.750. The molecule has 0 aromatic rings. The average molecular weight is 225 g/mol. The minimum absolute atomic E-state index is 0.0145. The molecular weight excluding hydrogens is 202 g/mol. The molecule has 1 unspecified atom stereocenters. The normalized spacial score (nSPS) is 21.6. The predicted octanol–water partition coefficient (Wildman–Crippen LogP) is 0.315. The van der Waals surface area contributed by atoms with Gasteiger partial charge in [0.05, 0.1) is 0 Å². The van der Waals surface area contributed by atoms with Gasteiger partial charge in [0, 0.05) is 40.3 Å². The van der Waals surface area contributed by atoms with Gasteiger partial charge >= 0.3 is 0 Å². The smallest absolute Gasteiger partial charge is 0.240 e. The first-order valence-electron chi connectivity index (χ1n) is 5.81. The van der Waals surface area contributed by atoms with Crippen molar-refractivity contribution in [1.29, 1.82) is 0 Å². The van der Waals surface area contributed by atoms with Crippen LogP contribution >= 0.6 is 0 Å². The van der Waals surface area contributed by atoms with Crippen molar-refractivity contribution < 1.29 is 4.79 Å². The summed E-state index contributed by atoms with van der Waals surface area (Å²) in [4.78, 5) is 15.9. The van der Waals surface area contributed by atoms with Gasteiger partial charge in [0.15, 0.2) is 0 Å². The zero-order valence-corrected chi connectivity index (χ0v) is 10.8. The van der Waals surface area contributed by atoms with Gasteiger partial charge in [0.25, 0.3) is 0 Å². The summed E-state index contributed by atoms with van der Waals surface area (Å²) >= 11 is 0. The number of carbonyl (C=O) groups is 1. The van der Waals surface area contributed by atoms with Gasteiger partial charge in [-0.05, 0) is 13.8 Å². The lowest BCUT2D eigenvalue weighted by Crippen LogP contribution is -2.57. The van der Waals surface area contributed by atoms with Crippen LogP contribution in [-0.4, -0.2) is 62.0 Å². The van der Waals surface area contributed by atoms with Crippen molar-refractivity contribution in [1.82, 2.24) is 15.1 Å². The van der Waals surface area contributed by atoms with Crippen LogP contribution in [0.4, 0.5) is 0 Å². The van der Waals surface area contributed by atoms with E-state index < -0.39 is 0 Å². The molecule has 0 aliphatic carbocycles. The van der Waals surface area contributed by atoms with Crippen LogP contribution in [0.25, 0.3) is 0 Å². The second kappa shape index (κ2) is 6.01. The third kappa shape index (κ3) is 3.61. The van der Waals surface area contributed by atoms with Crippen LogP contribution in [-0.2, 0) is 4.79 Å². The summed E-state index contributed by atoms with van der Waals surface area (Å²) < 4.78 is 0. The van der Waals surface area contributed by atoms with Crippen LogP contribution in [0.3, 0.4) is 0 Å². The Morgan fingerprint density at radius 2 is 2.19 bits per heavy atom. The maximum Gasteiger partial charge on any atom is 0.240 e. The number of hydrogen-bond acceptors (Lipinski definition) is 3. The zero-order chi connectivity index (χ0) is 12.1. The fourth-order valence-corrected chi connectivity index (χ4v) is 1.81. The quantitative estimate of drug-likeness (QED) is 0.702. The summed E-state index contributed by atoms with van der Waals surface area (Å²) in [5.41, 5.74) is 1.30. The second-order valence-corrected chi connectivity index (χ2v) is 4.73. The minimum Gasteiger partial charge on any atom is -0.347 e. The number of allylic oxidation sites excluding steroid dienone is 1. The topological polar surface area (TPSA) is 35.6 Å². The van der Waals surface area contributed by atoms with Crippen molar-refractivity contribution in [3.05, 3.63) is 11.6 Å². The van der Waals surface area contributed by atoms with Gasteiger partial charge in [0.1, 0.15) is 6.04 Å². The van der Waals surface area contributed by atoms with E-state index in [-0.39, 0.29) is 11.9 Å². The van der Waals surface area contributed by atoms with E-state index in [1.807, 2.05) is 14.1 Å². The molecule has 4 heteroatoms. The Bertz CT molecular complexity index is 269. The van der Waals surface area contributed by atoms with Crippen molar-refractivity contribution in [2.24, 2.45) is 0 Å². The maximum absolute atomic E-state index is 12.0. The van der Waals surface area contributed by atoms with E-state index >= 15 is 0 Å². The number of nitrogens with one attached hydrogen (secondary N) is 1. The van der Waals surface area contributed by atoms with Crippen LogP contribution in [0.15, 0.2) is 11.6 Å². The average Bonchev–Trinajstić information content (AvgIpc) is 2.25. The Hall–Kier alpha value is -0.870. The van der Waals surface area contributed by atoms with E-state index in [2.05, 4.69) is 30.1 Å². The number of amides is 1. The van der Waals surface area contributed by atoms with Gasteiger partial charge in [-0.3, -0.25) is 9.69 Å². The van der Waals surface area contributed by atoms with Crippen LogP contribution in [0.1, 0.15) is 13.8 Å². The van der Waals surface area contributed by atoms with Gasteiger partial charge in [-0.1, -0.05) is 11.6 Å². The Morgan fingerprint density at radius 3 is 2.75 bits per heavy atom. The summed E-state index contributed by atoms with van der Waals surface area (Å²) in [7, 11) is 3.63. The van der Waals surface area contributed by atoms with E-state index in [9.17, 15) is 4.79 Å². The van der Waals surface area contributed by atoms with E-state index in [0.717, 1.165) is 26.2 Å². The Kier molecular flexibility index (Phi) is 4.96. The van der Waals surface area contributed by atoms with E-state index in [1.54, 1.807) is 4.90 Å². The molecular formula is C12H23N3O. The first-order chi connectivity index (χ1) is 7.52.